The lowest BCUT2D eigenvalue weighted by Crippen LogP contribution is -2.35. The Morgan fingerprint density at radius 2 is 2.10 bits per heavy atom. The van der Waals surface area contributed by atoms with Crippen LogP contribution in [0.5, 0.6) is 0 Å². The summed E-state index contributed by atoms with van der Waals surface area (Å²) in [6, 6.07) is 4.09. The van der Waals surface area contributed by atoms with Crippen LogP contribution in [0.1, 0.15) is 29.3 Å². The van der Waals surface area contributed by atoms with Gasteiger partial charge in [-0.25, -0.2) is 0 Å². The number of anilines is 1. The topological polar surface area (TPSA) is 70.1 Å². The third-order valence-electron chi connectivity index (χ3n) is 2.98. The van der Waals surface area contributed by atoms with Gasteiger partial charge in [-0.15, -0.1) is 0 Å². The molecule has 20 heavy (non-hydrogen) atoms. The number of halogens is 3. The number of hydrogen-bond donors (Lipinski definition) is 1. The van der Waals surface area contributed by atoms with E-state index in [4.69, 9.17) is 11.0 Å². The summed E-state index contributed by atoms with van der Waals surface area (Å²) in [6.45, 7) is 1.63. The van der Waals surface area contributed by atoms with Crippen molar-refractivity contribution in [3.63, 3.8) is 0 Å². The highest BCUT2D eigenvalue weighted by Crippen LogP contribution is 2.31. The zero-order valence-electron chi connectivity index (χ0n) is 11.0. The van der Waals surface area contributed by atoms with Crippen molar-refractivity contribution in [2.45, 2.75) is 25.6 Å². The number of hydrogen-bond acceptors (Lipinski definition) is 3. The van der Waals surface area contributed by atoms with Gasteiger partial charge in [0.2, 0.25) is 0 Å². The van der Waals surface area contributed by atoms with Crippen LogP contribution in [0.15, 0.2) is 18.2 Å². The van der Waals surface area contributed by atoms with E-state index >= 15 is 0 Å². The largest absolute Gasteiger partial charge is 0.416 e. The van der Waals surface area contributed by atoms with E-state index in [2.05, 4.69) is 0 Å². The summed E-state index contributed by atoms with van der Waals surface area (Å²) in [6.07, 6.45) is -4.46. The molecule has 2 N–H and O–H groups in total. The fourth-order valence-electron chi connectivity index (χ4n) is 1.58. The van der Waals surface area contributed by atoms with E-state index < -0.39 is 23.7 Å². The van der Waals surface area contributed by atoms with Crippen LogP contribution in [0.4, 0.5) is 18.9 Å². The second-order valence-corrected chi connectivity index (χ2v) is 4.43. The second kappa shape index (κ2) is 5.82. The second-order valence-electron chi connectivity index (χ2n) is 4.43. The zero-order valence-corrected chi connectivity index (χ0v) is 11.0. The van der Waals surface area contributed by atoms with Gasteiger partial charge in [-0.05, 0) is 25.1 Å². The molecule has 1 rings (SSSR count). The number of amides is 1. The molecule has 1 aromatic carbocycles. The van der Waals surface area contributed by atoms with Gasteiger partial charge in [0, 0.05) is 18.8 Å². The van der Waals surface area contributed by atoms with Crippen LogP contribution < -0.4 is 5.73 Å². The number of carbonyl (C=O) groups excluding carboxylic acids is 1. The molecule has 0 aliphatic carbocycles. The summed E-state index contributed by atoms with van der Waals surface area (Å²) in [7, 11) is 1.42. The molecular weight excluding hydrogens is 271 g/mol. The number of benzene rings is 1. The van der Waals surface area contributed by atoms with Crippen LogP contribution in [0, 0.1) is 11.3 Å². The molecule has 0 aliphatic heterocycles. The molecule has 0 bridgehead atoms. The van der Waals surface area contributed by atoms with Crippen molar-refractivity contribution in [1.29, 1.82) is 5.26 Å². The Hall–Kier alpha value is -2.23. The molecule has 108 valence electrons. The summed E-state index contributed by atoms with van der Waals surface area (Å²) in [5.74, 6) is -0.642. The number of nitrogens with two attached hydrogens (primary N) is 1. The molecular formula is C13H14F3N3O. The van der Waals surface area contributed by atoms with Gasteiger partial charge in [0.25, 0.3) is 5.91 Å². The highest BCUT2D eigenvalue weighted by molar-refractivity contribution is 5.99. The Morgan fingerprint density at radius 1 is 1.50 bits per heavy atom. The van der Waals surface area contributed by atoms with Crippen molar-refractivity contribution in [2.24, 2.45) is 0 Å². The predicted molar refractivity (Wildman–Crippen MR) is 67.6 cm³/mol. The fraction of sp³-hybridized carbons (Fsp3) is 0.385. The summed E-state index contributed by atoms with van der Waals surface area (Å²) < 4.78 is 37.9. The van der Waals surface area contributed by atoms with Crippen molar-refractivity contribution in [3.05, 3.63) is 29.3 Å². The highest BCUT2D eigenvalue weighted by Gasteiger charge is 2.32. The van der Waals surface area contributed by atoms with E-state index in [1.807, 2.05) is 6.07 Å². The van der Waals surface area contributed by atoms with E-state index in [9.17, 15) is 18.0 Å². The Bertz CT molecular complexity index is 549. The molecule has 0 fully saturated rings. The van der Waals surface area contributed by atoms with Crippen molar-refractivity contribution in [2.75, 3.05) is 12.8 Å². The van der Waals surface area contributed by atoms with Crippen molar-refractivity contribution >= 4 is 11.6 Å². The SMILES string of the molecule is CC(CC#N)N(C)C(=O)c1cc(C(F)(F)F)ccc1N. The molecule has 0 aromatic heterocycles. The number of nitrogen functional groups attached to an aromatic ring is 1. The predicted octanol–water partition coefficient (Wildman–Crippen LogP) is 2.66. The van der Waals surface area contributed by atoms with Crippen LogP contribution in [-0.2, 0) is 6.18 Å². The first-order valence-corrected chi connectivity index (χ1v) is 5.79. The standard InChI is InChI=1S/C13H14F3N3O/c1-8(5-6-17)19(2)12(20)10-7-9(13(14,15)16)3-4-11(10)18/h3-4,7-8H,5,18H2,1-2H3. The van der Waals surface area contributed by atoms with Gasteiger partial charge in [0.15, 0.2) is 0 Å². The Balaban J connectivity index is 3.13. The molecule has 1 atom stereocenters. The first-order chi connectivity index (χ1) is 9.18. The molecule has 0 saturated heterocycles. The lowest BCUT2D eigenvalue weighted by Gasteiger charge is -2.24. The maximum Gasteiger partial charge on any atom is 0.416 e. The average molecular weight is 285 g/mol. The molecule has 7 heteroatoms. The molecule has 1 aromatic rings. The molecule has 1 amide bonds. The fourth-order valence-corrected chi connectivity index (χ4v) is 1.58. The van der Waals surface area contributed by atoms with Crippen LogP contribution in [0.25, 0.3) is 0 Å². The Kier molecular flexibility index (Phi) is 4.61. The monoisotopic (exact) mass is 285 g/mol. The number of nitrogens with zero attached hydrogens (tertiary/aromatic N) is 2. The van der Waals surface area contributed by atoms with Crippen LogP contribution in [0.2, 0.25) is 0 Å². The van der Waals surface area contributed by atoms with Crippen molar-refractivity contribution in [1.82, 2.24) is 4.90 Å². The minimum atomic E-state index is -4.54. The summed E-state index contributed by atoms with van der Waals surface area (Å²) in [5, 5.41) is 8.58. The van der Waals surface area contributed by atoms with Gasteiger partial charge in [-0.1, -0.05) is 0 Å². The smallest absolute Gasteiger partial charge is 0.398 e. The molecule has 0 aliphatic rings. The van der Waals surface area contributed by atoms with E-state index in [1.165, 1.54) is 11.9 Å². The van der Waals surface area contributed by atoms with Gasteiger partial charge in [-0.3, -0.25) is 4.79 Å². The summed E-state index contributed by atoms with van der Waals surface area (Å²) in [5.41, 5.74) is 4.39. The van der Waals surface area contributed by atoms with Crippen LogP contribution in [0.3, 0.4) is 0 Å². The molecule has 0 radical (unpaired) electrons. The van der Waals surface area contributed by atoms with Gasteiger partial charge < -0.3 is 10.6 Å². The van der Waals surface area contributed by atoms with E-state index in [-0.39, 0.29) is 17.7 Å². The zero-order chi connectivity index (χ0) is 15.5. The molecule has 0 heterocycles. The Labute approximate surface area is 114 Å². The number of alkyl halides is 3. The van der Waals surface area contributed by atoms with Gasteiger partial charge >= 0.3 is 6.18 Å². The minimum Gasteiger partial charge on any atom is -0.398 e. The van der Waals surface area contributed by atoms with Gasteiger partial charge in [0.1, 0.15) is 0 Å². The molecule has 1 unspecified atom stereocenters. The van der Waals surface area contributed by atoms with Gasteiger partial charge in [0.05, 0.1) is 23.6 Å². The lowest BCUT2D eigenvalue weighted by atomic mass is 10.1. The maximum atomic E-state index is 12.6. The normalized spacial score (nSPS) is 12.6. The summed E-state index contributed by atoms with van der Waals surface area (Å²) >= 11 is 0. The number of rotatable bonds is 3. The Morgan fingerprint density at radius 3 is 2.60 bits per heavy atom. The van der Waals surface area contributed by atoms with Crippen molar-refractivity contribution in [3.8, 4) is 6.07 Å². The first-order valence-electron chi connectivity index (χ1n) is 5.79. The van der Waals surface area contributed by atoms with E-state index in [1.54, 1.807) is 6.92 Å². The molecule has 0 saturated carbocycles. The number of nitriles is 1. The van der Waals surface area contributed by atoms with Gasteiger partial charge in [-0.2, -0.15) is 18.4 Å². The highest BCUT2D eigenvalue weighted by atomic mass is 19.4. The average Bonchev–Trinajstić information content (AvgIpc) is 2.36. The quantitative estimate of drug-likeness (QED) is 0.868. The number of carbonyl (C=O) groups is 1. The third-order valence-corrected chi connectivity index (χ3v) is 2.98. The third kappa shape index (κ3) is 3.41. The van der Waals surface area contributed by atoms with Crippen LogP contribution >= 0.6 is 0 Å². The van der Waals surface area contributed by atoms with Crippen molar-refractivity contribution < 1.29 is 18.0 Å². The van der Waals surface area contributed by atoms with Crippen LogP contribution in [-0.4, -0.2) is 23.9 Å². The first kappa shape index (κ1) is 15.8. The summed E-state index contributed by atoms with van der Waals surface area (Å²) in [4.78, 5) is 13.3. The molecule has 0 spiro atoms. The lowest BCUT2D eigenvalue weighted by molar-refractivity contribution is -0.137. The molecule has 4 nitrogen and oxygen atoms in total. The maximum absolute atomic E-state index is 12.6. The minimum absolute atomic E-state index is 0.0287. The van der Waals surface area contributed by atoms with E-state index in [0.717, 1.165) is 18.2 Å². The van der Waals surface area contributed by atoms with E-state index in [0.29, 0.717) is 0 Å².